The molecule has 204 valence electrons. The van der Waals surface area contributed by atoms with Crippen LogP contribution in [-0.2, 0) is 23.4 Å². The third-order valence-corrected chi connectivity index (χ3v) is 7.68. The molecule has 0 amide bonds. The summed E-state index contributed by atoms with van der Waals surface area (Å²) in [4.78, 5) is 38.5. The van der Waals surface area contributed by atoms with E-state index in [1.165, 1.54) is 32.2 Å². The minimum atomic E-state index is -4.28. The minimum absolute atomic E-state index is 0.174. The number of para-hydroxylation sites is 1. The van der Waals surface area contributed by atoms with Crippen LogP contribution in [0, 0.1) is 6.92 Å². The molecule has 1 unspecified atom stereocenters. The number of nitrogens with one attached hydrogen (secondary N) is 2. The Morgan fingerprint density at radius 2 is 1.92 bits per heavy atom. The molecule has 0 saturated carbocycles. The van der Waals surface area contributed by atoms with Crippen molar-refractivity contribution in [1.29, 1.82) is 0 Å². The molecular formula is C22H28Cl2N3O9P. The lowest BCUT2D eigenvalue weighted by Crippen LogP contribution is -2.42. The molecule has 3 N–H and O–H groups in total. The lowest BCUT2D eigenvalue weighted by Gasteiger charge is -2.25. The third-order valence-electron chi connectivity index (χ3n) is 5.21. The van der Waals surface area contributed by atoms with Crippen LogP contribution in [-0.4, -0.2) is 55.9 Å². The number of benzene rings is 1. The number of ether oxygens (including phenoxy) is 2. The van der Waals surface area contributed by atoms with E-state index in [4.69, 9.17) is 41.7 Å². The fraction of sp³-hybridized carbons (Fsp3) is 0.500. The van der Waals surface area contributed by atoms with Gasteiger partial charge in [-0.3, -0.25) is 23.7 Å². The van der Waals surface area contributed by atoms with Crippen LogP contribution >= 0.6 is 30.9 Å². The lowest BCUT2D eigenvalue weighted by atomic mass is 10.1. The minimum Gasteiger partial charge on any atom is -0.462 e. The van der Waals surface area contributed by atoms with Crippen molar-refractivity contribution in [2.24, 2.45) is 0 Å². The molecule has 2 heterocycles. The van der Waals surface area contributed by atoms with Gasteiger partial charge in [-0.1, -0.05) is 41.4 Å². The molecule has 1 aliphatic rings. The summed E-state index contributed by atoms with van der Waals surface area (Å²) in [6.45, 7) is 5.63. The fourth-order valence-electron chi connectivity index (χ4n) is 3.37. The summed E-state index contributed by atoms with van der Waals surface area (Å²) in [5.41, 5.74) is -1.30. The molecule has 37 heavy (non-hydrogen) atoms. The fourth-order valence-corrected chi connectivity index (χ4v) is 5.47. The number of aliphatic hydroxyl groups is 1. The van der Waals surface area contributed by atoms with E-state index < -0.39 is 66.5 Å². The van der Waals surface area contributed by atoms with Crippen molar-refractivity contribution in [1.82, 2.24) is 14.6 Å². The highest BCUT2D eigenvalue weighted by atomic mass is 35.5. The maximum Gasteiger partial charge on any atom is 0.459 e. The summed E-state index contributed by atoms with van der Waals surface area (Å²) >= 11 is 12.7. The highest BCUT2D eigenvalue weighted by Gasteiger charge is 2.56. The van der Waals surface area contributed by atoms with Crippen molar-refractivity contribution in [3.8, 4) is 5.75 Å². The topological polar surface area (TPSA) is 158 Å². The van der Waals surface area contributed by atoms with Gasteiger partial charge in [-0.25, -0.2) is 9.36 Å². The van der Waals surface area contributed by atoms with Crippen LogP contribution in [0.2, 0.25) is 0 Å². The monoisotopic (exact) mass is 579 g/mol. The van der Waals surface area contributed by atoms with Gasteiger partial charge in [-0.2, -0.15) is 5.09 Å². The number of hydrogen-bond donors (Lipinski definition) is 3. The number of rotatable bonds is 10. The largest absolute Gasteiger partial charge is 0.462 e. The van der Waals surface area contributed by atoms with Crippen molar-refractivity contribution >= 4 is 36.9 Å². The smallest absolute Gasteiger partial charge is 0.459 e. The average Bonchev–Trinajstić information content (AvgIpc) is 3.03. The van der Waals surface area contributed by atoms with Gasteiger partial charge >= 0.3 is 19.4 Å². The van der Waals surface area contributed by atoms with Crippen LogP contribution in [0.15, 0.2) is 46.1 Å². The second kappa shape index (κ2) is 11.7. The molecular weight excluding hydrogens is 552 g/mol. The Bertz CT molecular complexity index is 1270. The van der Waals surface area contributed by atoms with E-state index in [2.05, 4.69) is 10.1 Å². The maximum absolute atomic E-state index is 13.6. The molecule has 0 spiro atoms. The molecule has 1 fully saturated rings. The second-order valence-electron chi connectivity index (χ2n) is 8.66. The molecule has 0 radical (unpaired) electrons. The van der Waals surface area contributed by atoms with Crippen LogP contribution in [0.25, 0.3) is 0 Å². The lowest BCUT2D eigenvalue weighted by molar-refractivity contribution is -0.149. The van der Waals surface area contributed by atoms with Crippen LogP contribution in [0.3, 0.4) is 0 Å². The number of carbonyl (C=O) groups is 1. The van der Waals surface area contributed by atoms with Gasteiger partial charge in [-0.15, -0.1) is 0 Å². The molecule has 0 aliphatic carbocycles. The Kier molecular flexibility index (Phi) is 9.28. The highest BCUT2D eigenvalue weighted by Crippen LogP contribution is 2.49. The molecule has 2 aromatic rings. The number of carbonyl (C=O) groups excluding carboxylic acids is 1. The number of esters is 1. The Hall–Kier alpha value is -2.18. The number of aromatic nitrogens is 2. The third kappa shape index (κ3) is 7.02. The van der Waals surface area contributed by atoms with Crippen LogP contribution < -0.4 is 20.9 Å². The zero-order chi connectivity index (χ0) is 27.5. The average molecular weight is 580 g/mol. The van der Waals surface area contributed by atoms with Gasteiger partial charge in [0.15, 0.2) is 10.6 Å². The van der Waals surface area contributed by atoms with Gasteiger partial charge < -0.3 is 19.1 Å². The van der Waals surface area contributed by atoms with E-state index in [-0.39, 0.29) is 11.3 Å². The van der Waals surface area contributed by atoms with Crippen molar-refractivity contribution in [2.75, 3.05) is 6.61 Å². The van der Waals surface area contributed by atoms with Gasteiger partial charge in [0.05, 0.1) is 12.7 Å². The number of hydrogen-bond acceptors (Lipinski definition) is 9. The zero-order valence-corrected chi connectivity index (χ0v) is 22.8. The Labute approximate surface area is 222 Å². The van der Waals surface area contributed by atoms with Gasteiger partial charge in [0.2, 0.25) is 0 Å². The predicted molar refractivity (Wildman–Crippen MR) is 135 cm³/mol. The first-order chi connectivity index (χ1) is 17.2. The molecule has 1 aromatic heterocycles. The maximum atomic E-state index is 13.6. The Morgan fingerprint density at radius 3 is 2.54 bits per heavy atom. The van der Waals surface area contributed by atoms with Crippen molar-refractivity contribution in [3.63, 3.8) is 0 Å². The second-order valence-corrected chi connectivity index (χ2v) is 11.8. The quantitative estimate of drug-likeness (QED) is 0.217. The SMILES string of the molecule is Cc1cn(C2O[C@H](CO[P@@](=O)(N[C@H](C)C(=O)OC(C)C)Oc3ccccc3)[C@@H](O)C2(Cl)Cl)c(=O)[nH]c1=O. The predicted octanol–water partition coefficient (Wildman–Crippen LogP) is 2.41. The number of nitrogens with zero attached hydrogens (tertiary/aromatic N) is 1. The van der Waals surface area contributed by atoms with E-state index in [9.17, 15) is 24.1 Å². The van der Waals surface area contributed by atoms with Gasteiger partial charge in [0.25, 0.3) is 5.56 Å². The summed E-state index contributed by atoms with van der Waals surface area (Å²) in [5.74, 6) is -0.520. The standard InChI is InChI=1S/C22H28Cl2N3O9P/c1-12(2)34-19(30)14(4)26-37(32,36-15-8-6-5-7-9-15)33-11-16-17(28)22(23,24)20(35-16)27-10-13(3)18(29)25-21(27)31/h5-10,12,14,16-17,20,28H,11H2,1-4H3,(H,26,32)(H,25,29,31)/t14-,16-,17-,20?,37+/m1/s1. The molecule has 15 heteroatoms. The molecule has 1 aromatic carbocycles. The number of aryl methyl sites for hydroxylation is 1. The number of alkyl halides is 2. The summed E-state index contributed by atoms with van der Waals surface area (Å²) in [6.07, 6.45) is -3.55. The van der Waals surface area contributed by atoms with Crippen LogP contribution in [0.4, 0.5) is 0 Å². The van der Waals surface area contributed by atoms with Gasteiger partial charge in [0.1, 0.15) is 24.0 Å². The van der Waals surface area contributed by atoms with Gasteiger partial charge in [0, 0.05) is 11.8 Å². The number of halogens is 2. The van der Waals surface area contributed by atoms with Crippen molar-refractivity contribution < 1.29 is 33.0 Å². The Morgan fingerprint density at radius 1 is 1.27 bits per heavy atom. The van der Waals surface area contributed by atoms with E-state index in [1.54, 1.807) is 32.0 Å². The molecule has 0 bridgehead atoms. The highest BCUT2D eigenvalue weighted by molar-refractivity contribution is 7.52. The van der Waals surface area contributed by atoms with Crippen molar-refractivity contribution in [2.45, 2.75) is 62.6 Å². The number of aliphatic hydroxyl groups excluding tert-OH is 1. The van der Waals surface area contributed by atoms with Gasteiger partial charge in [-0.05, 0) is 39.8 Å². The zero-order valence-electron chi connectivity index (χ0n) is 20.4. The first kappa shape index (κ1) is 29.4. The van der Waals surface area contributed by atoms with E-state index in [1.807, 2.05) is 0 Å². The van der Waals surface area contributed by atoms with E-state index in [0.29, 0.717) is 0 Å². The molecule has 1 aliphatic heterocycles. The normalized spacial score (nSPS) is 23.4. The summed E-state index contributed by atoms with van der Waals surface area (Å²) in [5, 5.41) is 13.2. The number of H-pyrrole nitrogens is 1. The summed E-state index contributed by atoms with van der Waals surface area (Å²) in [7, 11) is -4.28. The molecule has 3 rings (SSSR count). The summed E-state index contributed by atoms with van der Waals surface area (Å²) < 4.78 is 34.4. The number of aromatic amines is 1. The first-order valence-corrected chi connectivity index (χ1v) is 13.5. The molecule has 5 atom stereocenters. The van der Waals surface area contributed by atoms with E-state index in [0.717, 1.165) is 4.57 Å². The van der Waals surface area contributed by atoms with Crippen molar-refractivity contribution in [3.05, 3.63) is 62.9 Å². The summed E-state index contributed by atoms with van der Waals surface area (Å²) in [6, 6.07) is 6.96. The first-order valence-electron chi connectivity index (χ1n) is 11.2. The van der Waals surface area contributed by atoms with Crippen LogP contribution in [0.5, 0.6) is 5.75 Å². The van der Waals surface area contributed by atoms with Crippen LogP contribution in [0.1, 0.15) is 32.6 Å². The van der Waals surface area contributed by atoms with E-state index >= 15 is 0 Å². The molecule has 12 nitrogen and oxygen atoms in total. The molecule has 1 saturated heterocycles. The Balaban J connectivity index is 1.82.